The Balaban J connectivity index is 1.56. The molecule has 156 valence electrons. The van der Waals surface area contributed by atoms with Crippen molar-refractivity contribution in [2.45, 2.75) is 37.9 Å². The Morgan fingerprint density at radius 3 is 2.40 bits per heavy atom. The Labute approximate surface area is 180 Å². The van der Waals surface area contributed by atoms with Crippen LogP contribution in [-0.4, -0.2) is 44.3 Å². The number of carbonyl (C=O) groups is 1. The van der Waals surface area contributed by atoms with Gasteiger partial charge in [0.2, 0.25) is 0 Å². The second kappa shape index (κ2) is 9.53. The summed E-state index contributed by atoms with van der Waals surface area (Å²) in [5.74, 6) is 0.847. The van der Waals surface area contributed by atoms with E-state index in [-0.39, 0.29) is 17.4 Å². The van der Waals surface area contributed by atoms with E-state index in [9.17, 15) is 9.18 Å². The molecule has 1 aliphatic rings. The standard InChI is InChI=1S/C23H25FN4OS/c1-17-5-7-18(8-6-17)21(29)16-30-23-26-25-22(15-27-13-3-2-4-14-27)28(23)20-11-9-19(24)10-12-20/h5-12H,2-4,13-16H2,1H3. The molecule has 0 atom stereocenters. The molecule has 0 aliphatic carbocycles. The zero-order chi connectivity index (χ0) is 20.9. The lowest BCUT2D eigenvalue weighted by molar-refractivity contribution is 0.102. The third kappa shape index (κ3) is 4.96. The topological polar surface area (TPSA) is 51.0 Å². The molecule has 2 heterocycles. The van der Waals surface area contributed by atoms with Crippen molar-refractivity contribution in [3.8, 4) is 5.69 Å². The quantitative estimate of drug-likeness (QED) is 0.407. The second-order valence-corrected chi connectivity index (χ2v) is 8.57. The molecule has 4 rings (SSSR count). The van der Waals surface area contributed by atoms with Crippen LogP contribution in [0.4, 0.5) is 4.39 Å². The van der Waals surface area contributed by atoms with Crippen LogP contribution in [0.15, 0.2) is 53.7 Å². The molecule has 0 N–H and O–H groups in total. The zero-order valence-corrected chi connectivity index (χ0v) is 17.9. The van der Waals surface area contributed by atoms with Gasteiger partial charge in [0.05, 0.1) is 12.3 Å². The minimum absolute atomic E-state index is 0.0474. The summed E-state index contributed by atoms with van der Waals surface area (Å²) >= 11 is 1.36. The van der Waals surface area contributed by atoms with Crippen molar-refractivity contribution in [2.75, 3.05) is 18.8 Å². The van der Waals surface area contributed by atoms with E-state index >= 15 is 0 Å². The van der Waals surface area contributed by atoms with E-state index in [1.165, 1.54) is 43.2 Å². The van der Waals surface area contributed by atoms with Crippen LogP contribution in [-0.2, 0) is 6.54 Å². The van der Waals surface area contributed by atoms with Crippen molar-refractivity contribution in [2.24, 2.45) is 0 Å². The summed E-state index contributed by atoms with van der Waals surface area (Å²) in [7, 11) is 0. The van der Waals surface area contributed by atoms with Gasteiger partial charge < -0.3 is 0 Å². The molecule has 1 aromatic heterocycles. The molecule has 2 aromatic carbocycles. The van der Waals surface area contributed by atoms with E-state index in [0.717, 1.165) is 30.2 Å². The van der Waals surface area contributed by atoms with E-state index in [1.807, 2.05) is 35.8 Å². The Morgan fingerprint density at radius 2 is 1.70 bits per heavy atom. The number of ketones is 1. The summed E-state index contributed by atoms with van der Waals surface area (Å²) in [5.41, 5.74) is 2.62. The largest absolute Gasteiger partial charge is 0.296 e. The van der Waals surface area contributed by atoms with Gasteiger partial charge in [-0.15, -0.1) is 10.2 Å². The monoisotopic (exact) mass is 424 g/mol. The highest BCUT2D eigenvalue weighted by Gasteiger charge is 2.20. The Morgan fingerprint density at radius 1 is 1.00 bits per heavy atom. The average molecular weight is 425 g/mol. The van der Waals surface area contributed by atoms with Crippen LogP contribution in [0.2, 0.25) is 0 Å². The van der Waals surface area contributed by atoms with Crippen LogP contribution in [0, 0.1) is 12.7 Å². The molecular weight excluding hydrogens is 399 g/mol. The number of likely N-dealkylation sites (tertiary alicyclic amines) is 1. The summed E-state index contributed by atoms with van der Waals surface area (Å²) in [4.78, 5) is 15.0. The minimum Gasteiger partial charge on any atom is -0.296 e. The summed E-state index contributed by atoms with van der Waals surface area (Å²) in [6.45, 7) is 4.78. The van der Waals surface area contributed by atoms with Crippen molar-refractivity contribution in [1.82, 2.24) is 19.7 Å². The van der Waals surface area contributed by atoms with Gasteiger partial charge in [-0.3, -0.25) is 14.3 Å². The third-order valence-electron chi connectivity index (χ3n) is 5.30. The lowest BCUT2D eigenvalue weighted by Crippen LogP contribution is -2.30. The predicted octanol–water partition coefficient (Wildman–Crippen LogP) is 4.68. The van der Waals surface area contributed by atoms with Gasteiger partial charge in [-0.2, -0.15) is 0 Å². The van der Waals surface area contributed by atoms with Gasteiger partial charge in [0, 0.05) is 11.3 Å². The summed E-state index contributed by atoms with van der Waals surface area (Å²) in [6.07, 6.45) is 3.65. The number of nitrogens with zero attached hydrogens (tertiary/aromatic N) is 4. The van der Waals surface area contributed by atoms with Gasteiger partial charge in [-0.05, 0) is 57.1 Å². The highest BCUT2D eigenvalue weighted by Crippen LogP contribution is 2.25. The smallest absolute Gasteiger partial charge is 0.196 e. The number of aryl methyl sites for hydroxylation is 1. The van der Waals surface area contributed by atoms with Gasteiger partial charge in [-0.1, -0.05) is 48.0 Å². The van der Waals surface area contributed by atoms with Crippen LogP contribution in [0.3, 0.4) is 0 Å². The van der Waals surface area contributed by atoms with Crippen LogP contribution < -0.4 is 0 Å². The van der Waals surface area contributed by atoms with E-state index in [4.69, 9.17) is 0 Å². The minimum atomic E-state index is -0.284. The number of halogens is 1. The first-order valence-corrected chi connectivity index (χ1v) is 11.2. The first-order valence-electron chi connectivity index (χ1n) is 10.3. The van der Waals surface area contributed by atoms with Gasteiger partial charge in [0.25, 0.3) is 0 Å². The number of hydrogen-bond acceptors (Lipinski definition) is 5. The lowest BCUT2D eigenvalue weighted by atomic mass is 10.1. The predicted molar refractivity (Wildman–Crippen MR) is 117 cm³/mol. The highest BCUT2D eigenvalue weighted by atomic mass is 32.2. The first kappa shape index (κ1) is 20.8. The number of aromatic nitrogens is 3. The van der Waals surface area contributed by atoms with Crippen molar-refractivity contribution in [1.29, 1.82) is 0 Å². The maximum atomic E-state index is 13.5. The molecule has 1 fully saturated rings. The molecule has 1 saturated heterocycles. The lowest BCUT2D eigenvalue weighted by Gasteiger charge is -2.26. The average Bonchev–Trinajstić information content (AvgIpc) is 3.16. The second-order valence-electron chi connectivity index (χ2n) is 7.63. The number of rotatable bonds is 7. The van der Waals surface area contributed by atoms with Gasteiger partial charge in [-0.25, -0.2) is 4.39 Å². The SMILES string of the molecule is Cc1ccc(C(=O)CSc2nnc(CN3CCCCC3)n2-c2ccc(F)cc2)cc1. The maximum Gasteiger partial charge on any atom is 0.196 e. The van der Waals surface area contributed by atoms with Crippen molar-refractivity contribution < 1.29 is 9.18 Å². The number of Topliss-reactive ketones (excluding diaryl/α,β-unsaturated/α-hetero) is 1. The number of thioether (sulfide) groups is 1. The van der Waals surface area contributed by atoms with Gasteiger partial charge in [0.1, 0.15) is 5.82 Å². The number of carbonyl (C=O) groups excluding carboxylic acids is 1. The van der Waals surface area contributed by atoms with E-state index in [0.29, 0.717) is 17.3 Å². The molecule has 0 amide bonds. The molecule has 0 radical (unpaired) electrons. The summed E-state index contributed by atoms with van der Waals surface area (Å²) in [6, 6.07) is 13.9. The molecule has 3 aromatic rings. The molecule has 0 saturated carbocycles. The molecule has 7 heteroatoms. The van der Waals surface area contributed by atoms with Gasteiger partial charge in [0.15, 0.2) is 16.8 Å². The third-order valence-corrected chi connectivity index (χ3v) is 6.23. The molecule has 5 nitrogen and oxygen atoms in total. The Kier molecular flexibility index (Phi) is 6.59. The van der Waals surface area contributed by atoms with Gasteiger partial charge >= 0.3 is 0 Å². The normalized spacial score (nSPS) is 14.7. The first-order chi connectivity index (χ1) is 14.6. The Bertz CT molecular complexity index is 995. The van der Waals surface area contributed by atoms with Crippen LogP contribution in [0.5, 0.6) is 0 Å². The van der Waals surface area contributed by atoms with Crippen molar-refractivity contribution in [3.63, 3.8) is 0 Å². The number of piperidine rings is 1. The maximum absolute atomic E-state index is 13.5. The fourth-order valence-corrected chi connectivity index (χ4v) is 4.48. The molecule has 30 heavy (non-hydrogen) atoms. The van der Waals surface area contributed by atoms with Crippen LogP contribution in [0.1, 0.15) is 41.0 Å². The molecular formula is C23H25FN4OS. The van der Waals surface area contributed by atoms with Crippen molar-refractivity contribution in [3.05, 3.63) is 71.3 Å². The fraction of sp³-hybridized carbons (Fsp3) is 0.348. The van der Waals surface area contributed by atoms with Crippen molar-refractivity contribution >= 4 is 17.5 Å². The zero-order valence-electron chi connectivity index (χ0n) is 17.1. The van der Waals surface area contributed by atoms with E-state index in [2.05, 4.69) is 15.1 Å². The Hall–Kier alpha value is -2.51. The fourth-order valence-electron chi connectivity index (χ4n) is 3.62. The molecule has 0 bridgehead atoms. The summed E-state index contributed by atoms with van der Waals surface area (Å²) in [5, 5.41) is 9.43. The van der Waals surface area contributed by atoms with Crippen LogP contribution in [0.25, 0.3) is 5.69 Å². The number of hydrogen-bond donors (Lipinski definition) is 0. The molecule has 1 aliphatic heterocycles. The van der Waals surface area contributed by atoms with Crippen LogP contribution >= 0.6 is 11.8 Å². The summed E-state index contributed by atoms with van der Waals surface area (Å²) < 4.78 is 15.4. The molecule has 0 spiro atoms. The molecule has 0 unspecified atom stereocenters. The highest BCUT2D eigenvalue weighted by molar-refractivity contribution is 7.99. The van der Waals surface area contributed by atoms with E-state index < -0.39 is 0 Å². The van der Waals surface area contributed by atoms with E-state index in [1.54, 1.807) is 12.1 Å². The number of benzene rings is 2.